The second-order valence-electron chi connectivity index (χ2n) is 8.11. The van der Waals surface area contributed by atoms with Gasteiger partial charge in [0, 0.05) is 41.7 Å². The van der Waals surface area contributed by atoms with Crippen molar-refractivity contribution in [1.29, 1.82) is 0 Å². The molecule has 1 saturated heterocycles. The van der Waals surface area contributed by atoms with E-state index < -0.39 is 0 Å². The molecule has 2 aliphatic heterocycles. The van der Waals surface area contributed by atoms with Gasteiger partial charge in [0.1, 0.15) is 0 Å². The molecule has 2 aliphatic rings. The Bertz CT molecular complexity index is 1140. The van der Waals surface area contributed by atoms with E-state index in [1.165, 1.54) is 11.8 Å². The molecule has 0 radical (unpaired) electrons. The number of fused-ring (bicyclic) bond motifs is 1. The SMILES string of the molecule is CCOC(=O)N1CCC(NC(=O)c2ccc3c(c2)N(C)C(=O)C(=Cc2ccccc2Cl)S3)CC1. The predicted molar refractivity (Wildman–Crippen MR) is 134 cm³/mol. The van der Waals surface area contributed by atoms with Crippen LogP contribution in [0.2, 0.25) is 5.02 Å². The monoisotopic (exact) mass is 499 g/mol. The highest BCUT2D eigenvalue weighted by Gasteiger charge is 2.29. The van der Waals surface area contributed by atoms with Crippen molar-refractivity contribution in [3.63, 3.8) is 0 Å². The van der Waals surface area contributed by atoms with Crippen LogP contribution in [0.15, 0.2) is 52.3 Å². The third-order valence-electron chi connectivity index (χ3n) is 5.87. The third kappa shape index (κ3) is 5.23. The van der Waals surface area contributed by atoms with E-state index in [1.54, 1.807) is 48.0 Å². The molecule has 2 heterocycles. The van der Waals surface area contributed by atoms with Crippen LogP contribution >= 0.6 is 23.4 Å². The lowest BCUT2D eigenvalue weighted by atomic mass is 10.0. The predicted octanol–water partition coefficient (Wildman–Crippen LogP) is 4.80. The Morgan fingerprint density at radius 3 is 2.65 bits per heavy atom. The zero-order valence-corrected chi connectivity index (χ0v) is 20.6. The first-order valence-corrected chi connectivity index (χ1v) is 12.4. The molecule has 4 rings (SSSR count). The summed E-state index contributed by atoms with van der Waals surface area (Å²) in [7, 11) is 1.70. The number of carbonyl (C=O) groups is 3. The van der Waals surface area contributed by atoms with Gasteiger partial charge in [-0.25, -0.2) is 4.79 Å². The van der Waals surface area contributed by atoms with E-state index in [0.717, 1.165) is 10.5 Å². The third-order valence-corrected chi connectivity index (χ3v) is 7.29. The summed E-state index contributed by atoms with van der Waals surface area (Å²) in [6, 6.07) is 12.7. The average Bonchev–Trinajstić information content (AvgIpc) is 2.84. The number of piperidine rings is 1. The Balaban J connectivity index is 1.44. The van der Waals surface area contributed by atoms with E-state index in [9.17, 15) is 14.4 Å². The topological polar surface area (TPSA) is 79.0 Å². The molecule has 34 heavy (non-hydrogen) atoms. The minimum atomic E-state index is -0.310. The van der Waals surface area contributed by atoms with Crippen molar-refractivity contribution in [2.45, 2.75) is 30.7 Å². The van der Waals surface area contributed by atoms with Gasteiger partial charge in [0.15, 0.2) is 0 Å². The molecule has 0 aliphatic carbocycles. The van der Waals surface area contributed by atoms with Crippen molar-refractivity contribution < 1.29 is 19.1 Å². The fourth-order valence-electron chi connectivity index (χ4n) is 3.96. The molecule has 7 nitrogen and oxygen atoms in total. The number of nitrogens with zero attached hydrogens (tertiary/aromatic N) is 2. The standard InChI is InChI=1S/C25H26ClN3O4S/c1-3-33-25(32)29-12-10-18(11-13-29)27-23(30)17-8-9-21-20(14-17)28(2)24(31)22(34-21)15-16-6-4-5-7-19(16)26/h4-9,14-15,18H,3,10-13H2,1-2H3,(H,27,30). The molecule has 0 atom stereocenters. The van der Waals surface area contributed by atoms with Crippen molar-refractivity contribution in [2.75, 3.05) is 31.6 Å². The number of amides is 3. The van der Waals surface area contributed by atoms with Crippen LogP contribution < -0.4 is 10.2 Å². The van der Waals surface area contributed by atoms with Gasteiger partial charge in [-0.1, -0.05) is 41.6 Å². The molecule has 2 aromatic rings. The quantitative estimate of drug-likeness (QED) is 0.611. The molecular formula is C25H26ClN3O4S. The molecular weight excluding hydrogens is 474 g/mol. The highest BCUT2D eigenvalue weighted by atomic mass is 35.5. The maximum Gasteiger partial charge on any atom is 0.409 e. The van der Waals surface area contributed by atoms with Crippen LogP contribution in [-0.2, 0) is 9.53 Å². The Morgan fingerprint density at radius 1 is 1.21 bits per heavy atom. The highest BCUT2D eigenvalue weighted by molar-refractivity contribution is 8.04. The fourth-order valence-corrected chi connectivity index (χ4v) is 5.23. The van der Waals surface area contributed by atoms with Crippen molar-refractivity contribution in [3.05, 3.63) is 63.5 Å². The summed E-state index contributed by atoms with van der Waals surface area (Å²) in [6.07, 6.45) is 2.81. The lowest BCUT2D eigenvalue weighted by Gasteiger charge is -2.32. The van der Waals surface area contributed by atoms with Crippen molar-refractivity contribution >= 4 is 53.0 Å². The molecule has 2 aromatic carbocycles. The van der Waals surface area contributed by atoms with Gasteiger partial charge < -0.3 is 19.9 Å². The number of hydrogen-bond donors (Lipinski definition) is 1. The Hall–Kier alpha value is -2.97. The first-order chi connectivity index (χ1) is 16.4. The number of ether oxygens (including phenoxy) is 1. The number of carbonyl (C=O) groups excluding carboxylic acids is 3. The summed E-state index contributed by atoms with van der Waals surface area (Å²) < 4.78 is 5.04. The number of benzene rings is 2. The minimum absolute atomic E-state index is 0.0203. The molecule has 9 heteroatoms. The van der Waals surface area contributed by atoms with Crippen LogP contribution in [0.1, 0.15) is 35.7 Å². The average molecular weight is 500 g/mol. The Kier molecular flexibility index (Phi) is 7.48. The van der Waals surface area contributed by atoms with Gasteiger partial charge in [-0.2, -0.15) is 0 Å². The largest absolute Gasteiger partial charge is 0.450 e. The Morgan fingerprint density at radius 2 is 1.94 bits per heavy atom. The zero-order chi connectivity index (χ0) is 24.2. The number of hydrogen-bond acceptors (Lipinski definition) is 5. The van der Waals surface area contributed by atoms with Crippen LogP contribution in [0.5, 0.6) is 0 Å². The summed E-state index contributed by atoms with van der Waals surface area (Å²) in [5, 5.41) is 3.63. The summed E-state index contributed by atoms with van der Waals surface area (Å²) in [4.78, 5) is 42.4. The number of nitrogens with one attached hydrogen (secondary N) is 1. The van der Waals surface area contributed by atoms with Crippen LogP contribution in [0.25, 0.3) is 6.08 Å². The molecule has 1 fully saturated rings. The van der Waals surface area contributed by atoms with Crippen LogP contribution in [0, 0.1) is 0 Å². The van der Waals surface area contributed by atoms with E-state index in [2.05, 4.69) is 5.32 Å². The van der Waals surface area contributed by atoms with Gasteiger partial charge in [0.05, 0.1) is 17.2 Å². The van der Waals surface area contributed by atoms with Gasteiger partial charge in [-0.05, 0) is 55.7 Å². The molecule has 0 saturated carbocycles. The van der Waals surface area contributed by atoms with Crippen molar-refractivity contribution in [2.24, 2.45) is 0 Å². The molecule has 1 N–H and O–H groups in total. The summed E-state index contributed by atoms with van der Waals surface area (Å²) in [6.45, 7) is 3.22. The maximum atomic E-state index is 13.0. The molecule has 3 amide bonds. The van der Waals surface area contributed by atoms with Gasteiger partial charge in [-0.15, -0.1) is 0 Å². The van der Waals surface area contributed by atoms with Crippen molar-refractivity contribution in [1.82, 2.24) is 10.2 Å². The van der Waals surface area contributed by atoms with Crippen molar-refractivity contribution in [3.8, 4) is 0 Å². The number of rotatable bonds is 4. The first kappa shape index (κ1) is 24.2. The van der Waals surface area contributed by atoms with Gasteiger partial charge >= 0.3 is 6.09 Å². The number of anilines is 1. The van der Waals surface area contributed by atoms with E-state index in [1.807, 2.05) is 24.3 Å². The highest BCUT2D eigenvalue weighted by Crippen LogP contribution is 2.42. The number of halogens is 1. The zero-order valence-electron chi connectivity index (χ0n) is 19.0. The summed E-state index contributed by atoms with van der Waals surface area (Å²) >= 11 is 7.62. The normalized spacial score (nSPS) is 17.5. The van der Waals surface area contributed by atoms with Crippen LogP contribution in [0.4, 0.5) is 10.5 Å². The van der Waals surface area contributed by atoms with E-state index in [-0.39, 0.29) is 23.9 Å². The van der Waals surface area contributed by atoms with Gasteiger partial charge in [0.25, 0.3) is 11.8 Å². The fraction of sp³-hybridized carbons (Fsp3) is 0.320. The molecule has 0 spiro atoms. The lowest BCUT2D eigenvalue weighted by Crippen LogP contribution is -2.46. The van der Waals surface area contributed by atoms with Gasteiger partial charge in [0.2, 0.25) is 0 Å². The molecule has 178 valence electrons. The smallest absolute Gasteiger partial charge is 0.409 e. The Labute approximate surface area is 208 Å². The minimum Gasteiger partial charge on any atom is -0.450 e. The molecule has 0 unspecified atom stereocenters. The second kappa shape index (κ2) is 10.5. The number of likely N-dealkylation sites (N-methyl/N-ethyl adjacent to an activating group) is 1. The summed E-state index contributed by atoms with van der Waals surface area (Å²) in [5.41, 5.74) is 1.96. The number of thioether (sulfide) groups is 1. The van der Waals surface area contributed by atoms with E-state index in [4.69, 9.17) is 16.3 Å². The van der Waals surface area contributed by atoms with Gasteiger partial charge in [-0.3, -0.25) is 9.59 Å². The van der Waals surface area contributed by atoms with Crippen LogP contribution in [-0.4, -0.2) is 55.6 Å². The summed E-state index contributed by atoms with van der Waals surface area (Å²) in [5.74, 6) is -0.345. The van der Waals surface area contributed by atoms with E-state index >= 15 is 0 Å². The number of likely N-dealkylation sites (tertiary alicyclic amines) is 1. The second-order valence-corrected chi connectivity index (χ2v) is 9.60. The van der Waals surface area contributed by atoms with E-state index in [0.29, 0.717) is 53.7 Å². The van der Waals surface area contributed by atoms with Crippen LogP contribution in [0.3, 0.4) is 0 Å². The molecule has 0 aromatic heterocycles. The maximum absolute atomic E-state index is 13.0. The molecule has 0 bridgehead atoms. The first-order valence-electron chi connectivity index (χ1n) is 11.2. The lowest BCUT2D eigenvalue weighted by molar-refractivity contribution is -0.114.